The van der Waals surface area contributed by atoms with Crippen molar-refractivity contribution in [1.29, 1.82) is 0 Å². The van der Waals surface area contributed by atoms with Crippen LogP contribution >= 0.6 is 0 Å². The molecule has 0 aliphatic carbocycles. The molecule has 0 aromatic heterocycles. The van der Waals surface area contributed by atoms with Gasteiger partial charge in [0.05, 0.1) is 0 Å². The molecule has 6 nitrogen and oxygen atoms in total. The minimum Gasteiger partial charge on any atom is -0.628 e. The summed E-state index contributed by atoms with van der Waals surface area (Å²) in [5.41, 5.74) is 1.23. The molecule has 0 saturated carbocycles. The van der Waals surface area contributed by atoms with Gasteiger partial charge in [-0.3, -0.25) is 10.0 Å². The number of amides is 2. The second-order valence-corrected chi connectivity index (χ2v) is 1.30. The van der Waals surface area contributed by atoms with Gasteiger partial charge in [0, 0.05) is 0 Å². The van der Waals surface area contributed by atoms with E-state index >= 15 is 0 Å². The van der Waals surface area contributed by atoms with E-state index in [0.717, 1.165) is 0 Å². The van der Waals surface area contributed by atoms with Gasteiger partial charge in [-0.05, 0) is 0 Å². The van der Waals surface area contributed by atoms with Crippen molar-refractivity contribution >= 4 is 11.8 Å². The van der Waals surface area contributed by atoms with Crippen LogP contribution in [0.3, 0.4) is 0 Å². The number of primary amides is 1. The molecule has 0 aliphatic rings. The van der Waals surface area contributed by atoms with Crippen molar-refractivity contribution in [2.75, 3.05) is 0 Å². The van der Waals surface area contributed by atoms with E-state index in [2.05, 4.69) is 0 Å². The second-order valence-electron chi connectivity index (χ2n) is 1.30. The van der Waals surface area contributed by atoms with Gasteiger partial charge < -0.3 is 10.7 Å². The van der Waals surface area contributed by atoms with Crippen molar-refractivity contribution in [3.05, 3.63) is 5.21 Å². The summed E-state index contributed by atoms with van der Waals surface area (Å²) < 4.78 is 0. The number of hydroxylamine groups is 2. The molecule has 10 heavy (non-hydrogen) atoms. The summed E-state index contributed by atoms with van der Waals surface area (Å²) in [6.07, 6.45) is -0.597. The van der Waals surface area contributed by atoms with E-state index in [4.69, 9.17) is 5.21 Å². The maximum atomic E-state index is 10.0. The molecule has 0 spiro atoms. The zero-order valence-electron chi connectivity index (χ0n) is 5.46. The SMILES string of the molecule is O=C(CC(=O)[NH2+][O-])NO.[K+]. The number of hydrogen-bond acceptors (Lipinski definition) is 4. The number of quaternary nitrogens is 1. The summed E-state index contributed by atoms with van der Waals surface area (Å²) in [6, 6.07) is 0. The topological polar surface area (TPSA) is 106 Å². The number of nitrogens with two attached hydrogens (primary N) is 1. The van der Waals surface area contributed by atoms with Crippen LogP contribution in [-0.2, 0) is 9.59 Å². The Morgan fingerprint density at radius 1 is 1.60 bits per heavy atom. The third-order valence-corrected chi connectivity index (χ3v) is 0.591. The van der Waals surface area contributed by atoms with Gasteiger partial charge in [-0.1, -0.05) is 0 Å². The summed E-state index contributed by atoms with van der Waals surface area (Å²) in [7, 11) is 0. The molecular weight excluding hydrogens is 167 g/mol. The smallest absolute Gasteiger partial charge is 0.628 e. The van der Waals surface area contributed by atoms with Crippen molar-refractivity contribution in [2.24, 2.45) is 0 Å². The van der Waals surface area contributed by atoms with Gasteiger partial charge in [-0.25, -0.2) is 10.3 Å². The average Bonchev–Trinajstić information content (AvgIpc) is 1.87. The molecule has 52 valence electrons. The van der Waals surface area contributed by atoms with E-state index in [1.807, 2.05) is 0 Å². The van der Waals surface area contributed by atoms with Crippen LogP contribution in [0, 0.1) is 5.21 Å². The number of carbonyl (C=O) groups excluding carboxylic acids is 2. The Hall–Kier alpha value is 0.656. The Morgan fingerprint density at radius 2 is 2.10 bits per heavy atom. The van der Waals surface area contributed by atoms with E-state index in [-0.39, 0.29) is 56.9 Å². The molecule has 0 fully saturated rings. The van der Waals surface area contributed by atoms with E-state index in [9.17, 15) is 14.8 Å². The van der Waals surface area contributed by atoms with Crippen molar-refractivity contribution in [1.82, 2.24) is 5.48 Å². The fourth-order valence-electron chi connectivity index (χ4n) is 0.239. The number of nitrogens with one attached hydrogen (secondary N) is 1. The van der Waals surface area contributed by atoms with Gasteiger partial charge in [0.2, 0.25) is 0 Å². The van der Waals surface area contributed by atoms with Gasteiger partial charge in [0.1, 0.15) is 6.42 Å². The van der Waals surface area contributed by atoms with Crippen molar-refractivity contribution in [3.8, 4) is 0 Å². The van der Waals surface area contributed by atoms with Gasteiger partial charge in [0.25, 0.3) is 5.91 Å². The van der Waals surface area contributed by atoms with Gasteiger partial charge in [-0.2, -0.15) is 0 Å². The molecule has 0 atom stereocenters. The molecule has 0 aliphatic heterocycles. The summed E-state index contributed by atoms with van der Waals surface area (Å²) >= 11 is 0. The molecule has 0 rings (SSSR count). The monoisotopic (exact) mass is 173 g/mol. The van der Waals surface area contributed by atoms with Crippen LogP contribution in [0.1, 0.15) is 6.42 Å². The summed E-state index contributed by atoms with van der Waals surface area (Å²) in [6.45, 7) is 0. The summed E-state index contributed by atoms with van der Waals surface area (Å²) in [5.74, 6) is -1.74. The maximum Gasteiger partial charge on any atom is 1.00 e. The van der Waals surface area contributed by atoms with E-state index in [0.29, 0.717) is 0 Å². The first-order valence-electron chi connectivity index (χ1n) is 2.11. The van der Waals surface area contributed by atoms with Crippen LogP contribution in [0.25, 0.3) is 0 Å². The number of rotatable bonds is 2. The largest absolute Gasteiger partial charge is 1.00 e. The molecule has 0 aromatic carbocycles. The molecule has 0 aromatic rings. The Kier molecular flexibility index (Phi) is 10.3. The van der Waals surface area contributed by atoms with Crippen LogP contribution in [0.15, 0.2) is 0 Å². The normalized spacial score (nSPS) is 7.80. The summed E-state index contributed by atoms with van der Waals surface area (Å²) in [5, 5.41) is 17.4. The predicted molar refractivity (Wildman–Crippen MR) is 24.8 cm³/mol. The van der Waals surface area contributed by atoms with Crippen molar-refractivity contribution in [2.45, 2.75) is 6.42 Å². The molecule has 0 unspecified atom stereocenters. The zero-order valence-corrected chi connectivity index (χ0v) is 8.58. The van der Waals surface area contributed by atoms with E-state index < -0.39 is 18.2 Å². The zero-order chi connectivity index (χ0) is 7.28. The van der Waals surface area contributed by atoms with E-state index in [1.165, 1.54) is 5.48 Å². The molecule has 0 bridgehead atoms. The van der Waals surface area contributed by atoms with Crippen LogP contribution in [-0.4, -0.2) is 17.0 Å². The quantitative estimate of drug-likeness (QED) is 0.167. The molecule has 0 saturated heterocycles. The third-order valence-electron chi connectivity index (χ3n) is 0.591. The molecule has 2 amide bonds. The van der Waals surface area contributed by atoms with Gasteiger partial charge in [-0.15, -0.1) is 0 Å². The minimum absolute atomic E-state index is 0. The standard InChI is InChI=1S/C3H6N2O4.K/c6-2(4-8)1-3(7)5-9;/h9H,1,4H2,(H,5,7);/q;+1. The van der Waals surface area contributed by atoms with Crippen molar-refractivity contribution in [3.63, 3.8) is 0 Å². The van der Waals surface area contributed by atoms with E-state index in [1.54, 1.807) is 0 Å². The molecule has 7 heteroatoms. The maximum absolute atomic E-state index is 10.0. The van der Waals surface area contributed by atoms with Crippen LogP contribution < -0.4 is 62.3 Å². The first-order chi connectivity index (χ1) is 4.20. The third kappa shape index (κ3) is 6.77. The minimum atomic E-state index is -0.882. The number of hydrogen-bond donors (Lipinski definition) is 3. The fraction of sp³-hybridized carbons (Fsp3) is 0.333. The van der Waals surface area contributed by atoms with Gasteiger partial charge >= 0.3 is 57.3 Å². The Bertz CT molecular complexity index is 114. The molecule has 4 N–H and O–H groups in total. The van der Waals surface area contributed by atoms with Crippen LogP contribution in [0.2, 0.25) is 0 Å². The first-order valence-corrected chi connectivity index (χ1v) is 2.11. The second kappa shape index (κ2) is 7.76. The number of carbonyl (C=O) groups is 2. The van der Waals surface area contributed by atoms with Crippen LogP contribution in [0.4, 0.5) is 0 Å². The molecule has 0 radical (unpaired) electrons. The fourth-order valence-corrected chi connectivity index (χ4v) is 0.239. The molecule has 0 heterocycles. The summed E-state index contributed by atoms with van der Waals surface area (Å²) in [4.78, 5) is 20.1. The predicted octanol–water partition coefficient (Wildman–Crippen LogP) is -5.53. The van der Waals surface area contributed by atoms with Crippen LogP contribution in [0.5, 0.6) is 0 Å². The van der Waals surface area contributed by atoms with Gasteiger partial charge in [0.15, 0.2) is 0 Å². The average molecular weight is 173 g/mol. The Labute approximate surface area is 99.3 Å². The Morgan fingerprint density at radius 3 is 2.40 bits per heavy atom. The molecular formula is C3H6KN2O4+. The van der Waals surface area contributed by atoms with Crippen molar-refractivity contribution < 1.29 is 71.7 Å². The first kappa shape index (κ1) is 13.3. The Balaban J connectivity index is 0.